The molecule has 0 bridgehead atoms. The number of hydrogen-bond acceptors (Lipinski definition) is 1. The molecule has 0 spiro atoms. The van der Waals surface area contributed by atoms with E-state index in [2.05, 4.69) is 5.10 Å². The fraction of sp³-hybridized carbons (Fsp3) is 0.250. The van der Waals surface area contributed by atoms with Gasteiger partial charge in [-0.3, -0.25) is 4.68 Å². The minimum absolute atomic E-state index is 0.291. The summed E-state index contributed by atoms with van der Waals surface area (Å²) in [6, 6.07) is 4.65. The van der Waals surface area contributed by atoms with Gasteiger partial charge >= 0.3 is 6.18 Å². The lowest BCUT2D eigenvalue weighted by Gasteiger charge is -2.12. The highest BCUT2D eigenvalue weighted by Crippen LogP contribution is 2.33. The van der Waals surface area contributed by atoms with Crippen LogP contribution in [0.3, 0.4) is 0 Å². The first kappa shape index (κ1) is 14.2. The Bertz CT molecular complexity index is 606. The zero-order valence-electron chi connectivity index (χ0n) is 9.80. The van der Waals surface area contributed by atoms with Crippen LogP contribution in [-0.2, 0) is 6.54 Å². The molecule has 1 heterocycles. The summed E-state index contributed by atoms with van der Waals surface area (Å²) in [7, 11) is 0. The molecule has 0 unspecified atom stereocenters. The van der Waals surface area contributed by atoms with Crippen molar-refractivity contribution in [2.75, 3.05) is 0 Å². The van der Waals surface area contributed by atoms with Crippen LogP contribution in [0.4, 0.5) is 13.2 Å². The Morgan fingerprint density at radius 3 is 2.53 bits per heavy atom. The van der Waals surface area contributed by atoms with Crippen LogP contribution in [0.5, 0.6) is 0 Å². The highest BCUT2D eigenvalue weighted by molar-refractivity contribution is 6.36. The van der Waals surface area contributed by atoms with E-state index in [0.29, 0.717) is 26.9 Å². The van der Waals surface area contributed by atoms with Crippen LogP contribution in [0, 0.1) is 6.92 Å². The first-order valence-electron chi connectivity index (χ1n) is 5.32. The van der Waals surface area contributed by atoms with Crippen molar-refractivity contribution in [3.05, 3.63) is 40.0 Å². The standard InChI is InChI=1S/C12H9Cl2F3N2/c1-7-5-18-19(6-12(15,16)17)11(7)9-3-2-8(13)4-10(9)14/h2-5H,6H2,1H3. The Labute approximate surface area is 117 Å². The molecule has 1 aromatic carbocycles. The molecule has 0 fully saturated rings. The van der Waals surface area contributed by atoms with Gasteiger partial charge in [0.1, 0.15) is 6.54 Å². The molecular weight excluding hydrogens is 300 g/mol. The molecule has 0 aliphatic carbocycles. The second-order valence-electron chi connectivity index (χ2n) is 4.07. The molecule has 2 rings (SSSR count). The number of hydrogen-bond donors (Lipinski definition) is 0. The average molecular weight is 309 g/mol. The second-order valence-corrected chi connectivity index (χ2v) is 4.92. The predicted molar refractivity (Wildman–Crippen MR) is 68.5 cm³/mol. The molecule has 0 radical (unpaired) electrons. The Balaban J connectivity index is 2.52. The zero-order valence-corrected chi connectivity index (χ0v) is 11.3. The van der Waals surface area contributed by atoms with Crippen molar-refractivity contribution in [2.24, 2.45) is 0 Å². The van der Waals surface area contributed by atoms with Gasteiger partial charge in [-0.25, -0.2) is 0 Å². The van der Waals surface area contributed by atoms with E-state index in [0.717, 1.165) is 4.68 Å². The van der Waals surface area contributed by atoms with Crippen molar-refractivity contribution < 1.29 is 13.2 Å². The molecule has 0 N–H and O–H groups in total. The normalized spacial score (nSPS) is 11.9. The molecule has 2 aromatic rings. The fourth-order valence-electron chi connectivity index (χ4n) is 1.80. The number of rotatable bonds is 2. The van der Waals surface area contributed by atoms with Crippen LogP contribution >= 0.6 is 23.2 Å². The van der Waals surface area contributed by atoms with E-state index in [1.165, 1.54) is 12.3 Å². The minimum atomic E-state index is -4.34. The molecule has 0 atom stereocenters. The van der Waals surface area contributed by atoms with Gasteiger partial charge < -0.3 is 0 Å². The van der Waals surface area contributed by atoms with Crippen LogP contribution < -0.4 is 0 Å². The van der Waals surface area contributed by atoms with E-state index < -0.39 is 12.7 Å². The van der Waals surface area contributed by atoms with Gasteiger partial charge in [-0.15, -0.1) is 0 Å². The number of aromatic nitrogens is 2. The van der Waals surface area contributed by atoms with Crippen molar-refractivity contribution in [3.63, 3.8) is 0 Å². The highest BCUT2D eigenvalue weighted by Gasteiger charge is 2.30. The van der Waals surface area contributed by atoms with E-state index in [9.17, 15) is 13.2 Å². The van der Waals surface area contributed by atoms with Crippen molar-refractivity contribution in [3.8, 4) is 11.3 Å². The van der Waals surface area contributed by atoms with Crippen molar-refractivity contribution in [1.82, 2.24) is 9.78 Å². The van der Waals surface area contributed by atoms with Gasteiger partial charge in [0, 0.05) is 10.6 Å². The molecule has 7 heteroatoms. The van der Waals surface area contributed by atoms with Gasteiger partial charge in [-0.2, -0.15) is 18.3 Å². The zero-order chi connectivity index (χ0) is 14.2. The molecule has 19 heavy (non-hydrogen) atoms. The lowest BCUT2D eigenvalue weighted by molar-refractivity contribution is -0.142. The summed E-state index contributed by atoms with van der Waals surface area (Å²) < 4.78 is 38.4. The van der Waals surface area contributed by atoms with Crippen LogP contribution in [0.2, 0.25) is 10.0 Å². The highest BCUT2D eigenvalue weighted by atomic mass is 35.5. The molecule has 0 saturated carbocycles. The third kappa shape index (κ3) is 3.22. The SMILES string of the molecule is Cc1cnn(CC(F)(F)F)c1-c1ccc(Cl)cc1Cl. The van der Waals surface area contributed by atoms with Crippen LogP contribution in [0.25, 0.3) is 11.3 Å². The van der Waals surface area contributed by atoms with Crippen LogP contribution in [0.1, 0.15) is 5.56 Å². The maximum Gasteiger partial charge on any atom is 0.408 e. The number of aryl methyl sites for hydroxylation is 1. The van der Waals surface area contributed by atoms with Crippen LogP contribution in [0.15, 0.2) is 24.4 Å². The largest absolute Gasteiger partial charge is 0.408 e. The van der Waals surface area contributed by atoms with Gasteiger partial charge in [0.15, 0.2) is 0 Å². The quantitative estimate of drug-likeness (QED) is 0.784. The first-order chi connectivity index (χ1) is 8.78. The van der Waals surface area contributed by atoms with Crippen LogP contribution in [-0.4, -0.2) is 16.0 Å². The van der Waals surface area contributed by atoms with Gasteiger partial charge in [0.05, 0.1) is 16.9 Å². The summed E-state index contributed by atoms with van der Waals surface area (Å²) in [5, 5.41) is 4.46. The van der Waals surface area contributed by atoms with E-state index in [1.54, 1.807) is 19.1 Å². The molecule has 2 nitrogen and oxygen atoms in total. The second kappa shape index (κ2) is 5.06. The molecule has 0 saturated heterocycles. The number of benzene rings is 1. The summed E-state index contributed by atoms with van der Waals surface area (Å²) in [6.45, 7) is 0.523. The molecule has 102 valence electrons. The summed E-state index contributed by atoms with van der Waals surface area (Å²) in [4.78, 5) is 0. The van der Waals surface area contributed by atoms with E-state index >= 15 is 0 Å². The smallest absolute Gasteiger partial charge is 0.255 e. The molecule has 0 aliphatic rings. The third-order valence-electron chi connectivity index (χ3n) is 2.54. The van der Waals surface area contributed by atoms with Gasteiger partial charge in [0.2, 0.25) is 0 Å². The van der Waals surface area contributed by atoms with Crippen molar-refractivity contribution in [1.29, 1.82) is 0 Å². The van der Waals surface area contributed by atoms with E-state index in [-0.39, 0.29) is 0 Å². The molecule has 0 aliphatic heterocycles. The van der Waals surface area contributed by atoms with Crippen molar-refractivity contribution >= 4 is 23.2 Å². The maximum absolute atomic E-state index is 12.5. The minimum Gasteiger partial charge on any atom is -0.255 e. The summed E-state index contributed by atoms with van der Waals surface area (Å²) in [6.07, 6.45) is -2.96. The summed E-state index contributed by atoms with van der Waals surface area (Å²) >= 11 is 11.8. The summed E-state index contributed by atoms with van der Waals surface area (Å²) in [5.41, 5.74) is 1.44. The lowest BCUT2D eigenvalue weighted by Crippen LogP contribution is -2.19. The van der Waals surface area contributed by atoms with E-state index in [4.69, 9.17) is 23.2 Å². The Hall–Kier alpha value is -1.20. The number of halogens is 5. The Morgan fingerprint density at radius 2 is 1.95 bits per heavy atom. The monoisotopic (exact) mass is 308 g/mol. The summed E-state index contributed by atoms with van der Waals surface area (Å²) in [5.74, 6) is 0. The van der Waals surface area contributed by atoms with Gasteiger partial charge in [-0.05, 0) is 30.7 Å². The number of nitrogens with zero attached hydrogens (tertiary/aromatic N) is 2. The molecular formula is C12H9Cl2F3N2. The predicted octanol–water partition coefficient (Wildman–Crippen LogP) is 4.73. The van der Waals surface area contributed by atoms with E-state index in [1.807, 2.05) is 0 Å². The van der Waals surface area contributed by atoms with Crippen molar-refractivity contribution in [2.45, 2.75) is 19.6 Å². The maximum atomic E-state index is 12.5. The first-order valence-corrected chi connectivity index (χ1v) is 6.08. The Morgan fingerprint density at radius 1 is 1.26 bits per heavy atom. The lowest BCUT2D eigenvalue weighted by atomic mass is 10.1. The van der Waals surface area contributed by atoms with Gasteiger partial charge in [0.25, 0.3) is 0 Å². The number of alkyl halides is 3. The third-order valence-corrected chi connectivity index (χ3v) is 3.09. The topological polar surface area (TPSA) is 17.8 Å². The fourth-order valence-corrected chi connectivity index (χ4v) is 2.30. The Kier molecular flexibility index (Phi) is 3.78. The average Bonchev–Trinajstić information content (AvgIpc) is 2.58. The molecule has 1 aromatic heterocycles. The molecule has 0 amide bonds. The van der Waals surface area contributed by atoms with Gasteiger partial charge in [-0.1, -0.05) is 23.2 Å².